The van der Waals surface area contributed by atoms with E-state index < -0.39 is 0 Å². The maximum absolute atomic E-state index is 10.7. The second-order valence-corrected chi connectivity index (χ2v) is 2.92. The molecular formula is C8H17N3O2. The molecule has 2 N–H and O–H groups in total. The smallest absolute Gasteiger partial charge is 0.211 e. The van der Waals surface area contributed by atoms with Crippen molar-refractivity contribution in [3.05, 3.63) is 0 Å². The highest BCUT2D eigenvalue weighted by Crippen LogP contribution is 1.94. The molecule has 0 aromatic heterocycles. The molecule has 1 rings (SSSR count). The van der Waals surface area contributed by atoms with Crippen molar-refractivity contribution < 1.29 is 9.53 Å². The number of rotatable bonds is 3. The SMILES string of the molecule is CCNC1CNCOCCN1C=O. The Labute approximate surface area is 78.4 Å². The molecule has 1 fully saturated rings. The zero-order chi connectivity index (χ0) is 9.52. The molecule has 1 aliphatic rings. The molecule has 13 heavy (non-hydrogen) atoms. The summed E-state index contributed by atoms with van der Waals surface area (Å²) in [6, 6.07) is 0. The predicted octanol–water partition coefficient (Wildman–Crippen LogP) is -1.04. The fourth-order valence-corrected chi connectivity index (χ4v) is 1.33. The summed E-state index contributed by atoms with van der Waals surface area (Å²) in [7, 11) is 0. The van der Waals surface area contributed by atoms with Crippen molar-refractivity contribution in [1.82, 2.24) is 15.5 Å². The molecule has 0 spiro atoms. The lowest BCUT2D eigenvalue weighted by Crippen LogP contribution is -2.53. The maximum atomic E-state index is 10.7. The number of ether oxygens (including phenoxy) is 1. The zero-order valence-corrected chi connectivity index (χ0v) is 7.95. The standard InChI is InChI=1S/C8H17N3O2/c1-2-10-8-5-9-6-13-4-3-11(8)7-12/h7-10H,2-6H2,1H3. The minimum atomic E-state index is 0.0893. The molecule has 1 aliphatic heterocycles. The van der Waals surface area contributed by atoms with Crippen LogP contribution in [-0.2, 0) is 9.53 Å². The van der Waals surface area contributed by atoms with Gasteiger partial charge >= 0.3 is 0 Å². The Balaban J connectivity index is 2.44. The average Bonchev–Trinajstić information content (AvgIpc) is 2.10. The van der Waals surface area contributed by atoms with Crippen molar-refractivity contribution in [3.63, 3.8) is 0 Å². The summed E-state index contributed by atoms with van der Waals surface area (Å²) in [5.41, 5.74) is 0. The third-order valence-corrected chi connectivity index (χ3v) is 2.01. The number of hydrogen-bond acceptors (Lipinski definition) is 4. The molecule has 1 amide bonds. The molecular weight excluding hydrogens is 170 g/mol. The van der Waals surface area contributed by atoms with E-state index in [0.29, 0.717) is 19.9 Å². The van der Waals surface area contributed by atoms with E-state index in [-0.39, 0.29) is 6.17 Å². The van der Waals surface area contributed by atoms with E-state index in [0.717, 1.165) is 19.5 Å². The molecule has 5 nitrogen and oxygen atoms in total. The van der Waals surface area contributed by atoms with Crippen molar-refractivity contribution >= 4 is 6.41 Å². The van der Waals surface area contributed by atoms with Gasteiger partial charge in [0.05, 0.1) is 19.5 Å². The Hall–Kier alpha value is -0.650. The van der Waals surface area contributed by atoms with Crippen molar-refractivity contribution in [3.8, 4) is 0 Å². The third kappa shape index (κ3) is 3.30. The highest BCUT2D eigenvalue weighted by atomic mass is 16.5. The monoisotopic (exact) mass is 187 g/mol. The van der Waals surface area contributed by atoms with Crippen molar-refractivity contribution in [2.24, 2.45) is 0 Å². The van der Waals surface area contributed by atoms with Crippen molar-refractivity contribution in [1.29, 1.82) is 0 Å². The highest BCUT2D eigenvalue weighted by molar-refractivity contribution is 5.47. The topological polar surface area (TPSA) is 53.6 Å². The molecule has 0 aromatic carbocycles. The Morgan fingerprint density at radius 2 is 2.62 bits per heavy atom. The van der Waals surface area contributed by atoms with E-state index in [9.17, 15) is 4.79 Å². The number of carbonyl (C=O) groups excluding carboxylic acids is 1. The van der Waals surface area contributed by atoms with Gasteiger partial charge in [-0.2, -0.15) is 0 Å². The van der Waals surface area contributed by atoms with Gasteiger partial charge in [0.2, 0.25) is 6.41 Å². The van der Waals surface area contributed by atoms with Crippen molar-refractivity contribution in [2.45, 2.75) is 13.1 Å². The highest BCUT2D eigenvalue weighted by Gasteiger charge is 2.16. The summed E-state index contributed by atoms with van der Waals surface area (Å²) in [6.45, 7) is 5.42. The quantitative estimate of drug-likeness (QED) is 0.554. The van der Waals surface area contributed by atoms with E-state index in [1.165, 1.54) is 0 Å². The molecule has 0 aromatic rings. The van der Waals surface area contributed by atoms with Gasteiger partial charge in [0, 0.05) is 13.1 Å². The molecule has 5 heteroatoms. The van der Waals surface area contributed by atoms with E-state index in [2.05, 4.69) is 10.6 Å². The number of carbonyl (C=O) groups is 1. The Kier molecular flexibility index (Phi) is 4.74. The predicted molar refractivity (Wildman–Crippen MR) is 49.1 cm³/mol. The number of nitrogens with one attached hydrogen (secondary N) is 2. The summed E-state index contributed by atoms with van der Waals surface area (Å²) in [5.74, 6) is 0. The van der Waals surface area contributed by atoms with Crippen LogP contribution >= 0.6 is 0 Å². The largest absolute Gasteiger partial charge is 0.364 e. The number of nitrogens with zero attached hydrogens (tertiary/aromatic N) is 1. The molecule has 0 aliphatic carbocycles. The van der Waals surface area contributed by atoms with Crippen LogP contribution in [0.1, 0.15) is 6.92 Å². The summed E-state index contributed by atoms with van der Waals surface area (Å²) in [5, 5.41) is 6.33. The first kappa shape index (κ1) is 10.4. The summed E-state index contributed by atoms with van der Waals surface area (Å²) < 4.78 is 5.19. The maximum Gasteiger partial charge on any atom is 0.211 e. The van der Waals surface area contributed by atoms with Crippen LogP contribution in [-0.4, -0.2) is 50.4 Å². The zero-order valence-electron chi connectivity index (χ0n) is 7.95. The first-order chi connectivity index (χ1) is 6.38. The van der Waals surface area contributed by atoms with E-state index in [4.69, 9.17) is 4.74 Å². The summed E-state index contributed by atoms with van der Waals surface area (Å²) >= 11 is 0. The molecule has 0 saturated carbocycles. The first-order valence-electron chi connectivity index (χ1n) is 4.61. The lowest BCUT2D eigenvalue weighted by molar-refractivity contribution is -0.122. The number of hydrogen-bond donors (Lipinski definition) is 2. The first-order valence-corrected chi connectivity index (χ1v) is 4.61. The Morgan fingerprint density at radius 3 is 3.31 bits per heavy atom. The minimum absolute atomic E-state index is 0.0893. The second kappa shape index (κ2) is 5.90. The van der Waals surface area contributed by atoms with Gasteiger partial charge in [-0.15, -0.1) is 0 Å². The van der Waals surface area contributed by atoms with Crippen LogP contribution in [0.15, 0.2) is 0 Å². The lowest BCUT2D eigenvalue weighted by atomic mass is 10.4. The minimum Gasteiger partial charge on any atom is -0.364 e. The van der Waals surface area contributed by atoms with E-state index in [1.807, 2.05) is 6.92 Å². The molecule has 1 atom stereocenters. The van der Waals surface area contributed by atoms with Gasteiger partial charge in [-0.1, -0.05) is 6.92 Å². The van der Waals surface area contributed by atoms with Gasteiger partial charge in [-0.25, -0.2) is 0 Å². The van der Waals surface area contributed by atoms with Crippen LogP contribution in [0, 0.1) is 0 Å². The van der Waals surface area contributed by atoms with Crippen LogP contribution in [0.4, 0.5) is 0 Å². The summed E-state index contributed by atoms with van der Waals surface area (Å²) in [6.07, 6.45) is 0.954. The van der Waals surface area contributed by atoms with E-state index >= 15 is 0 Å². The number of amides is 1. The van der Waals surface area contributed by atoms with Crippen LogP contribution < -0.4 is 10.6 Å². The third-order valence-electron chi connectivity index (χ3n) is 2.01. The lowest BCUT2D eigenvalue weighted by Gasteiger charge is -2.31. The van der Waals surface area contributed by atoms with Crippen LogP contribution in [0.2, 0.25) is 0 Å². The average molecular weight is 187 g/mol. The normalized spacial score (nSPS) is 25.0. The molecule has 1 saturated heterocycles. The number of likely N-dealkylation sites (N-methyl/N-ethyl adjacent to an activating group) is 1. The van der Waals surface area contributed by atoms with Crippen LogP contribution in [0.3, 0.4) is 0 Å². The van der Waals surface area contributed by atoms with Gasteiger partial charge in [0.25, 0.3) is 0 Å². The van der Waals surface area contributed by atoms with Gasteiger partial charge in [0.15, 0.2) is 0 Å². The second-order valence-electron chi connectivity index (χ2n) is 2.92. The molecule has 1 unspecified atom stereocenters. The van der Waals surface area contributed by atoms with Gasteiger partial charge in [-0.05, 0) is 6.54 Å². The molecule has 1 heterocycles. The fraction of sp³-hybridized carbons (Fsp3) is 0.875. The Morgan fingerprint density at radius 1 is 1.77 bits per heavy atom. The summed E-state index contributed by atoms with van der Waals surface area (Å²) in [4.78, 5) is 12.4. The van der Waals surface area contributed by atoms with Crippen LogP contribution in [0.5, 0.6) is 0 Å². The van der Waals surface area contributed by atoms with Gasteiger partial charge in [0.1, 0.15) is 0 Å². The van der Waals surface area contributed by atoms with E-state index in [1.54, 1.807) is 4.90 Å². The molecule has 0 radical (unpaired) electrons. The van der Waals surface area contributed by atoms with Crippen LogP contribution in [0.25, 0.3) is 0 Å². The van der Waals surface area contributed by atoms with Gasteiger partial charge in [-0.3, -0.25) is 15.4 Å². The molecule has 76 valence electrons. The molecule has 0 bridgehead atoms. The fourth-order valence-electron chi connectivity index (χ4n) is 1.33. The van der Waals surface area contributed by atoms with Gasteiger partial charge < -0.3 is 9.64 Å². The van der Waals surface area contributed by atoms with Crippen molar-refractivity contribution in [2.75, 3.05) is 33.0 Å². The Bertz CT molecular complexity index is 154.